The first kappa shape index (κ1) is 12.2. The molecule has 0 amide bonds. The fourth-order valence-corrected chi connectivity index (χ4v) is 2.18. The summed E-state index contributed by atoms with van der Waals surface area (Å²) in [5.74, 6) is 0.00426. The van der Waals surface area contributed by atoms with Crippen LogP contribution in [0.1, 0.15) is 13.3 Å². The Morgan fingerprint density at radius 1 is 1.47 bits per heavy atom. The molecule has 0 bridgehead atoms. The predicted molar refractivity (Wildman–Crippen MR) is 67.2 cm³/mol. The molecule has 0 radical (unpaired) electrons. The van der Waals surface area contributed by atoms with Crippen LogP contribution in [0.15, 0.2) is 18.2 Å². The van der Waals surface area contributed by atoms with Crippen molar-refractivity contribution in [3.05, 3.63) is 24.0 Å². The maximum Gasteiger partial charge on any atom is 0.165 e. The standard InChI is InChI=1S/C13H19FN2O/c1-10-9-16(7-3-6-15-10)11-4-5-12(14)13(8-11)17-2/h4-5,8,10,15H,3,6-7,9H2,1-2H3. The molecule has 1 saturated heterocycles. The summed E-state index contributed by atoms with van der Waals surface area (Å²) < 4.78 is 18.4. The van der Waals surface area contributed by atoms with E-state index < -0.39 is 0 Å². The molecule has 17 heavy (non-hydrogen) atoms. The molecule has 0 aromatic heterocycles. The van der Waals surface area contributed by atoms with Gasteiger partial charge in [0, 0.05) is 30.9 Å². The lowest BCUT2D eigenvalue weighted by Crippen LogP contribution is -2.35. The molecule has 1 atom stereocenters. The summed E-state index contributed by atoms with van der Waals surface area (Å²) in [4.78, 5) is 2.27. The van der Waals surface area contributed by atoms with Gasteiger partial charge in [-0.25, -0.2) is 4.39 Å². The van der Waals surface area contributed by atoms with Crippen molar-refractivity contribution in [1.82, 2.24) is 5.32 Å². The van der Waals surface area contributed by atoms with E-state index in [9.17, 15) is 4.39 Å². The van der Waals surface area contributed by atoms with Gasteiger partial charge >= 0.3 is 0 Å². The fraction of sp³-hybridized carbons (Fsp3) is 0.538. The number of benzene rings is 1. The van der Waals surface area contributed by atoms with E-state index >= 15 is 0 Å². The van der Waals surface area contributed by atoms with Gasteiger partial charge in [-0.2, -0.15) is 0 Å². The molecule has 1 aliphatic rings. The molecule has 1 aromatic carbocycles. The average molecular weight is 238 g/mol. The quantitative estimate of drug-likeness (QED) is 0.853. The minimum Gasteiger partial charge on any atom is -0.494 e. The molecular weight excluding hydrogens is 219 g/mol. The van der Waals surface area contributed by atoms with Crippen LogP contribution < -0.4 is 15.0 Å². The second-order valence-corrected chi connectivity index (χ2v) is 4.47. The number of rotatable bonds is 2. The van der Waals surface area contributed by atoms with Gasteiger partial charge in [0.25, 0.3) is 0 Å². The first-order valence-corrected chi connectivity index (χ1v) is 6.02. The molecule has 1 aliphatic heterocycles. The van der Waals surface area contributed by atoms with E-state index in [1.165, 1.54) is 13.2 Å². The fourth-order valence-electron chi connectivity index (χ4n) is 2.18. The van der Waals surface area contributed by atoms with Crippen molar-refractivity contribution in [2.45, 2.75) is 19.4 Å². The van der Waals surface area contributed by atoms with E-state index in [-0.39, 0.29) is 5.82 Å². The molecule has 1 N–H and O–H groups in total. The van der Waals surface area contributed by atoms with Crippen LogP contribution in [0.25, 0.3) is 0 Å². The predicted octanol–water partition coefficient (Wildman–Crippen LogP) is 2.02. The Kier molecular flexibility index (Phi) is 3.84. The minimum absolute atomic E-state index is 0.308. The van der Waals surface area contributed by atoms with Crippen molar-refractivity contribution in [3.63, 3.8) is 0 Å². The highest BCUT2D eigenvalue weighted by Crippen LogP contribution is 2.25. The highest BCUT2D eigenvalue weighted by Gasteiger charge is 2.15. The van der Waals surface area contributed by atoms with Gasteiger partial charge in [0.05, 0.1) is 7.11 Å². The van der Waals surface area contributed by atoms with Gasteiger partial charge < -0.3 is 15.0 Å². The first-order chi connectivity index (χ1) is 8.20. The number of anilines is 1. The van der Waals surface area contributed by atoms with Crippen LogP contribution in [0.2, 0.25) is 0 Å². The third-order valence-corrected chi connectivity index (χ3v) is 3.09. The normalized spacial score (nSPS) is 21.1. The molecule has 3 nitrogen and oxygen atoms in total. The van der Waals surface area contributed by atoms with Crippen LogP contribution in [0, 0.1) is 5.82 Å². The highest BCUT2D eigenvalue weighted by molar-refractivity contribution is 5.51. The van der Waals surface area contributed by atoms with E-state index in [1.807, 2.05) is 6.07 Å². The van der Waals surface area contributed by atoms with Gasteiger partial charge in [-0.3, -0.25) is 0 Å². The van der Waals surface area contributed by atoms with Crippen molar-refractivity contribution < 1.29 is 9.13 Å². The lowest BCUT2D eigenvalue weighted by atomic mass is 10.2. The summed E-state index contributed by atoms with van der Waals surface area (Å²) >= 11 is 0. The van der Waals surface area contributed by atoms with E-state index in [4.69, 9.17) is 4.74 Å². The van der Waals surface area contributed by atoms with Crippen LogP contribution in [-0.4, -0.2) is 32.8 Å². The third kappa shape index (κ3) is 2.88. The van der Waals surface area contributed by atoms with Crippen LogP contribution in [0.3, 0.4) is 0 Å². The zero-order chi connectivity index (χ0) is 12.3. The Morgan fingerprint density at radius 2 is 2.29 bits per heavy atom. The van der Waals surface area contributed by atoms with E-state index in [0.717, 1.165) is 31.7 Å². The molecule has 2 rings (SSSR count). The zero-order valence-electron chi connectivity index (χ0n) is 10.4. The third-order valence-electron chi connectivity index (χ3n) is 3.09. The molecule has 1 aromatic rings. The molecule has 4 heteroatoms. The summed E-state index contributed by atoms with van der Waals surface area (Å²) in [5, 5.41) is 3.44. The number of hydrogen-bond acceptors (Lipinski definition) is 3. The summed E-state index contributed by atoms with van der Waals surface area (Å²) in [6.45, 7) is 5.13. The second kappa shape index (κ2) is 5.36. The van der Waals surface area contributed by atoms with Crippen molar-refractivity contribution >= 4 is 5.69 Å². The lowest BCUT2D eigenvalue weighted by molar-refractivity contribution is 0.386. The van der Waals surface area contributed by atoms with Crippen LogP contribution >= 0.6 is 0 Å². The van der Waals surface area contributed by atoms with Gasteiger partial charge in [0.1, 0.15) is 0 Å². The van der Waals surface area contributed by atoms with E-state index in [0.29, 0.717) is 11.8 Å². The van der Waals surface area contributed by atoms with Crippen molar-refractivity contribution in [3.8, 4) is 5.75 Å². The molecule has 94 valence electrons. The summed E-state index contributed by atoms with van der Waals surface area (Å²) in [6.07, 6.45) is 1.10. The van der Waals surface area contributed by atoms with Gasteiger partial charge in [-0.1, -0.05) is 0 Å². The SMILES string of the molecule is COc1cc(N2CCCNC(C)C2)ccc1F. The Hall–Kier alpha value is -1.29. The Labute approximate surface area is 102 Å². The van der Waals surface area contributed by atoms with Crippen LogP contribution in [0.5, 0.6) is 5.75 Å². The molecular formula is C13H19FN2O. The Morgan fingerprint density at radius 3 is 3.06 bits per heavy atom. The maximum atomic E-state index is 13.3. The molecule has 0 aliphatic carbocycles. The molecule has 1 heterocycles. The number of methoxy groups -OCH3 is 1. The summed E-state index contributed by atoms with van der Waals surface area (Å²) in [7, 11) is 1.49. The van der Waals surface area contributed by atoms with Gasteiger partial charge in [0.15, 0.2) is 11.6 Å². The van der Waals surface area contributed by atoms with Crippen molar-refractivity contribution in [2.24, 2.45) is 0 Å². The average Bonchev–Trinajstić information content (AvgIpc) is 2.54. The van der Waals surface area contributed by atoms with Crippen LogP contribution in [0.4, 0.5) is 10.1 Å². The number of nitrogens with zero attached hydrogens (tertiary/aromatic N) is 1. The Balaban J connectivity index is 2.20. The van der Waals surface area contributed by atoms with Gasteiger partial charge in [0.2, 0.25) is 0 Å². The molecule has 1 fully saturated rings. The Bertz CT molecular complexity index is 384. The first-order valence-electron chi connectivity index (χ1n) is 6.02. The highest BCUT2D eigenvalue weighted by atomic mass is 19.1. The maximum absolute atomic E-state index is 13.3. The van der Waals surface area contributed by atoms with Gasteiger partial charge in [-0.05, 0) is 32.0 Å². The minimum atomic E-state index is -0.308. The van der Waals surface area contributed by atoms with E-state index in [2.05, 4.69) is 17.1 Å². The summed E-state index contributed by atoms with van der Waals surface area (Å²) in [5.41, 5.74) is 1.03. The lowest BCUT2D eigenvalue weighted by Gasteiger charge is -2.25. The largest absolute Gasteiger partial charge is 0.494 e. The second-order valence-electron chi connectivity index (χ2n) is 4.47. The van der Waals surface area contributed by atoms with Crippen molar-refractivity contribution in [2.75, 3.05) is 31.6 Å². The number of halogens is 1. The number of nitrogens with one attached hydrogen (secondary N) is 1. The molecule has 0 spiro atoms. The van der Waals surface area contributed by atoms with Crippen molar-refractivity contribution in [1.29, 1.82) is 0 Å². The topological polar surface area (TPSA) is 24.5 Å². The smallest absolute Gasteiger partial charge is 0.165 e. The number of ether oxygens (including phenoxy) is 1. The molecule has 1 unspecified atom stereocenters. The monoisotopic (exact) mass is 238 g/mol. The zero-order valence-corrected chi connectivity index (χ0v) is 10.4. The van der Waals surface area contributed by atoms with E-state index in [1.54, 1.807) is 6.07 Å². The molecule has 0 saturated carbocycles. The van der Waals surface area contributed by atoms with Gasteiger partial charge in [-0.15, -0.1) is 0 Å². The summed E-state index contributed by atoms with van der Waals surface area (Å²) in [6, 6.07) is 5.51. The van der Waals surface area contributed by atoms with Crippen LogP contribution in [-0.2, 0) is 0 Å². The number of hydrogen-bond donors (Lipinski definition) is 1.